The fourth-order valence-electron chi connectivity index (χ4n) is 5.72. The molecule has 0 radical (unpaired) electrons. The highest BCUT2D eigenvalue weighted by atomic mass is 79.9. The molecule has 4 rings (SSSR count). The molecule has 3 unspecified atom stereocenters. The number of hydrogen-bond donors (Lipinski definition) is 2. The van der Waals surface area contributed by atoms with Crippen molar-refractivity contribution in [3.63, 3.8) is 0 Å². The van der Waals surface area contributed by atoms with Crippen molar-refractivity contribution in [2.75, 3.05) is 5.32 Å². The Hall–Kier alpha value is -2.25. The number of rotatable bonds is 8. The van der Waals surface area contributed by atoms with Gasteiger partial charge in [-0.25, -0.2) is 4.79 Å². The molecule has 2 N–H and O–H groups in total. The number of anilines is 1. The van der Waals surface area contributed by atoms with Crippen LogP contribution in [0.4, 0.5) is 5.69 Å². The Balaban J connectivity index is 1.55. The van der Waals surface area contributed by atoms with Crippen LogP contribution in [0.5, 0.6) is 11.5 Å². The zero-order valence-electron chi connectivity index (χ0n) is 21.1. The van der Waals surface area contributed by atoms with Crippen molar-refractivity contribution in [1.82, 2.24) is 0 Å². The molecule has 0 heterocycles. The lowest BCUT2D eigenvalue weighted by molar-refractivity contribution is -0.134. The predicted octanol–water partition coefficient (Wildman–Crippen LogP) is 7.50. The summed E-state index contributed by atoms with van der Waals surface area (Å²) in [6.07, 6.45) is 3.77. The van der Waals surface area contributed by atoms with E-state index in [1.807, 2.05) is 6.92 Å². The first kappa shape index (κ1) is 26.8. The van der Waals surface area contributed by atoms with E-state index >= 15 is 0 Å². The molecule has 2 aliphatic carbocycles. The number of phenols is 1. The molecule has 0 amide bonds. The van der Waals surface area contributed by atoms with Gasteiger partial charge in [0.1, 0.15) is 23.2 Å². The molecule has 194 valence electrons. The van der Waals surface area contributed by atoms with Gasteiger partial charge >= 0.3 is 11.9 Å². The number of phenolic OH excluding ortho intramolecular Hbond substituents is 1. The standard InChI is InChI=1S/C28H33BrClNO5/c1-5-6-24(32)35-22-14-19(31-15-16-11-18(29)13-21(30)25(16)33)7-8-20(22)26(34)36-23-12-17-9-10-28(23,4)27(17,2)3/h7-8,11,13-14,17,23,31,33H,5-6,9-10,12,15H2,1-4H3. The summed E-state index contributed by atoms with van der Waals surface area (Å²) < 4.78 is 12.4. The molecule has 0 aliphatic heterocycles. The number of aromatic hydroxyl groups is 1. The van der Waals surface area contributed by atoms with Gasteiger partial charge in [0, 0.05) is 40.2 Å². The largest absolute Gasteiger partial charge is 0.506 e. The maximum absolute atomic E-state index is 13.3. The first-order valence-corrected chi connectivity index (χ1v) is 13.6. The van der Waals surface area contributed by atoms with E-state index in [4.69, 9.17) is 21.1 Å². The highest BCUT2D eigenvalue weighted by Crippen LogP contribution is 2.66. The zero-order valence-corrected chi connectivity index (χ0v) is 23.5. The quantitative estimate of drug-likeness (QED) is 0.249. The molecule has 0 aromatic heterocycles. The maximum Gasteiger partial charge on any atom is 0.342 e. The van der Waals surface area contributed by atoms with Gasteiger partial charge in [0.25, 0.3) is 0 Å². The van der Waals surface area contributed by atoms with E-state index < -0.39 is 11.9 Å². The van der Waals surface area contributed by atoms with Gasteiger partial charge in [-0.05, 0) is 61.3 Å². The topological polar surface area (TPSA) is 84.9 Å². The number of esters is 2. The molecular weight excluding hydrogens is 546 g/mol. The van der Waals surface area contributed by atoms with E-state index in [0.29, 0.717) is 23.6 Å². The molecule has 0 spiro atoms. The van der Waals surface area contributed by atoms with Crippen LogP contribution in [0.1, 0.15) is 75.7 Å². The minimum Gasteiger partial charge on any atom is -0.506 e. The van der Waals surface area contributed by atoms with Crippen LogP contribution in [-0.2, 0) is 16.1 Å². The van der Waals surface area contributed by atoms with E-state index in [0.717, 1.165) is 23.7 Å². The average molecular weight is 579 g/mol. The summed E-state index contributed by atoms with van der Waals surface area (Å²) in [5.74, 6) is -0.200. The van der Waals surface area contributed by atoms with E-state index in [1.54, 1.807) is 30.3 Å². The van der Waals surface area contributed by atoms with Gasteiger partial charge in [0.2, 0.25) is 0 Å². The maximum atomic E-state index is 13.3. The van der Waals surface area contributed by atoms with Crippen LogP contribution < -0.4 is 10.1 Å². The summed E-state index contributed by atoms with van der Waals surface area (Å²) in [5, 5.41) is 13.7. The summed E-state index contributed by atoms with van der Waals surface area (Å²) in [7, 11) is 0. The van der Waals surface area contributed by atoms with E-state index in [1.165, 1.54) is 0 Å². The lowest BCUT2D eigenvalue weighted by Gasteiger charge is -2.38. The highest BCUT2D eigenvalue weighted by Gasteiger charge is 2.62. The van der Waals surface area contributed by atoms with Gasteiger partial charge in [-0.15, -0.1) is 0 Å². The summed E-state index contributed by atoms with van der Waals surface area (Å²) >= 11 is 9.45. The summed E-state index contributed by atoms with van der Waals surface area (Å²) in [6.45, 7) is 8.92. The molecule has 2 bridgehead atoms. The van der Waals surface area contributed by atoms with Gasteiger partial charge in [-0.3, -0.25) is 4.79 Å². The Labute approximate surface area is 225 Å². The summed E-state index contributed by atoms with van der Waals surface area (Å²) in [4.78, 5) is 25.6. The number of ether oxygens (including phenoxy) is 2. The second kappa shape index (κ2) is 10.3. The molecular formula is C28H33BrClNO5. The minimum absolute atomic E-state index is 0.00978. The van der Waals surface area contributed by atoms with Gasteiger partial charge < -0.3 is 19.9 Å². The van der Waals surface area contributed by atoms with Crippen LogP contribution in [0.25, 0.3) is 0 Å². The van der Waals surface area contributed by atoms with Crippen molar-refractivity contribution < 1.29 is 24.2 Å². The van der Waals surface area contributed by atoms with Gasteiger partial charge in [-0.1, -0.05) is 55.2 Å². The monoisotopic (exact) mass is 577 g/mol. The van der Waals surface area contributed by atoms with E-state index in [2.05, 4.69) is 42.0 Å². The van der Waals surface area contributed by atoms with Crippen LogP contribution in [0.15, 0.2) is 34.8 Å². The third kappa shape index (κ3) is 4.97. The normalized spacial score (nSPS) is 23.9. The van der Waals surface area contributed by atoms with Crippen LogP contribution in [-0.4, -0.2) is 23.1 Å². The fraction of sp³-hybridized carbons (Fsp3) is 0.500. The van der Waals surface area contributed by atoms with Crippen LogP contribution in [0.3, 0.4) is 0 Å². The number of nitrogens with one attached hydrogen (secondary N) is 1. The molecule has 8 heteroatoms. The van der Waals surface area contributed by atoms with Crippen molar-refractivity contribution >= 4 is 45.2 Å². The van der Waals surface area contributed by atoms with Crippen molar-refractivity contribution in [2.45, 2.75) is 72.4 Å². The van der Waals surface area contributed by atoms with Gasteiger partial charge in [0.05, 0.1) is 5.02 Å². The van der Waals surface area contributed by atoms with Crippen molar-refractivity contribution in [3.05, 3.63) is 51.0 Å². The lowest BCUT2D eigenvalue weighted by Crippen LogP contribution is -2.38. The smallest absolute Gasteiger partial charge is 0.342 e. The molecule has 2 aromatic carbocycles. The Kier molecular flexibility index (Phi) is 7.63. The second-order valence-corrected chi connectivity index (χ2v) is 12.0. The number of benzene rings is 2. The number of hydrogen-bond acceptors (Lipinski definition) is 6. The lowest BCUT2D eigenvalue weighted by atomic mass is 9.70. The van der Waals surface area contributed by atoms with Crippen molar-refractivity contribution in [2.24, 2.45) is 16.7 Å². The molecule has 2 fully saturated rings. The van der Waals surface area contributed by atoms with Crippen LogP contribution in [0, 0.1) is 16.7 Å². The van der Waals surface area contributed by atoms with Crippen molar-refractivity contribution in [1.29, 1.82) is 0 Å². The Morgan fingerprint density at radius 2 is 1.97 bits per heavy atom. The molecule has 2 saturated carbocycles. The Morgan fingerprint density at radius 3 is 2.61 bits per heavy atom. The Morgan fingerprint density at radius 1 is 1.22 bits per heavy atom. The second-order valence-electron chi connectivity index (χ2n) is 10.7. The number of fused-ring (bicyclic) bond motifs is 2. The molecule has 0 saturated heterocycles. The van der Waals surface area contributed by atoms with Gasteiger partial charge in [0.15, 0.2) is 0 Å². The first-order valence-electron chi connectivity index (χ1n) is 12.4. The highest BCUT2D eigenvalue weighted by molar-refractivity contribution is 9.10. The molecule has 3 atom stereocenters. The first-order chi connectivity index (χ1) is 17.0. The minimum atomic E-state index is -0.480. The third-order valence-electron chi connectivity index (χ3n) is 8.43. The summed E-state index contributed by atoms with van der Waals surface area (Å²) in [6, 6.07) is 8.35. The number of carbonyl (C=O) groups excluding carboxylic acids is 2. The Bertz CT molecular complexity index is 1180. The molecule has 6 nitrogen and oxygen atoms in total. The fourth-order valence-corrected chi connectivity index (χ4v) is 6.59. The molecule has 2 aromatic rings. The van der Waals surface area contributed by atoms with E-state index in [-0.39, 0.29) is 52.0 Å². The third-order valence-corrected chi connectivity index (χ3v) is 9.18. The van der Waals surface area contributed by atoms with Crippen molar-refractivity contribution in [3.8, 4) is 11.5 Å². The number of carbonyl (C=O) groups is 2. The SMILES string of the molecule is CCCC(=O)Oc1cc(NCc2cc(Br)cc(Cl)c2O)ccc1C(=O)OC1CC2CCC1(C)C2(C)C. The number of halogens is 2. The molecule has 36 heavy (non-hydrogen) atoms. The summed E-state index contributed by atoms with van der Waals surface area (Å²) in [5.41, 5.74) is 1.48. The predicted molar refractivity (Wildman–Crippen MR) is 144 cm³/mol. The van der Waals surface area contributed by atoms with Gasteiger partial charge in [-0.2, -0.15) is 0 Å². The van der Waals surface area contributed by atoms with E-state index in [9.17, 15) is 14.7 Å². The van der Waals surface area contributed by atoms with Crippen LogP contribution >= 0.6 is 27.5 Å². The zero-order chi connectivity index (χ0) is 26.3. The average Bonchev–Trinajstić information content (AvgIpc) is 3.14. The molecule has 2 aliphatic rings. The van der Waals surface area contributed by atoms with Crippen LogP contribution in [0.2, 0.25) is 5.02 Å².